The van der Waals surface area contributed by atoms with Crippen molar-refractivity contribution in [2.24, 2.45) is 0 Å². The van der Waals surface area contributed by atoms with E-state index in [9.17, 15) is 4.39 Å². The predicted octanol–water partition coefficient (Wildman–Crippen LogP) is 6.41. The zero-order valence-electron chi connectivity index (χ0n) is 20.9. The molecule has 6 rings (SSSR count). The minimum absolute atomic E-state index is 0.00589. The quantitative estimate of drug-likeness (QED) is 0.213. The molecule has 5 aromatic rings. The second-order valence-corrected chi connectivity index (χ2v) is 10.4. The van der Waals surface area contributed by atoms with Gasteiger partial charge in [0.15, 0.2) is 17.0 Å². The van der Waals surface area contributed by atoms with E-state index in [0.29, 0.717) is 36.7 Å². The van der Waals surface area contributed by atoms with Crippen molar-refractivity contribution in [2.75, 3.05) is 18.6 Å². The fourth-order valence-corrected chi connectivity index (χ4v) is 5.63. The van der Waals surface area contributed by atoms with E-state index in [4.69, 9.17) is 9.47 Å². The van der Waals surface area contributed by atoms with Gasteiger partial charge in [-0.15, -0.1) is 0 Å². The van der Waals surface area contributed by atoms with Gasteiger partial charge in [-0.2, -0.15) is 0 Å². The topological polar surface area (TPSA) is 65.3 Å². The third-order valence-electron chi connectivity index (χ3n) is 6.91. The number of hydrogen-bond acceptors (Lipinski definition) is 6. The third-order valence-corrected chi connectivity index (χ3v) is 7.85. The van der Waals surface area contributed by atoms with Crippen molar-refractivity contribution in [1.82, 2.24) is 19.5 Å². The highest BCUT2D eigenvalue weighted by molar-refractivity contribution is 9.10. The van der Waals surface area contributed by atoms with Crippen molar-refractivity contribution in [3.05, 3.63) is 94.7 Å². The number of rotatable bonds is 8. The number of ether oxygens (including phenoxy) is 2. The van der Waals surface area contributed by atoms with Crippen LogP contribution in [0.4, 0.5) is 10.2 Å². The molecule has 0 amide bonds. The van der Waals surface area contributed by atoms with Crippen molar-refractivity contribution in [3.63, 3.8) is 0 Å². The van der Waals surface area contributed by atoms with Crippen LogP contribution < -0.4 is 4.90 Å². The summed E-state index contributed by atoms with van der Waals surface area (Å²) in [6.45, 7) is 1.53. The summed E-state index contributed by atoms with van der Waals surface area (Å²) in [6, 6.07) is 19.1. The summed E-state index contributed by atoms with van der Waals surface area (Å²) >= 11 is 3.74. The summed E-state index contributed by atoms with van der Waals surface area (Å²) in [6.07, 6.45) is 4.86. The summed E-state index contributed by atoms with van der Waals surface area (Å²) in [4.78, 5) is 15.5. The molecular formula is C29H27BrFN5O2. The lowest BCUT2D eigenvalue weighted by Gasteiger charge is -2.19. The molecule has 0 aliphatic carbocycles. The number of imidazole rings is 1. The Labute approximate surface area is 228 Å². The Morgan fingerprint density at radius 1 is 1.08 bits per heavy atom. The first-order valence-electron chi connectivity index (χ1n) is 12.6. The number of fused-ring (bicyclic) bond motifs is 2. The fraction of sp³-hybridized carbons (Fsp3) is 0.276. The monoisotopic (exact) mass is 575 g/mol. The maximum absolute atomic E-state index is 13.6. The summed E-state index contributed by atoms with van der Waals surface area (Å²) in [5.74, 6) is 0.437. The Hall–Kier alpha value is -3.40. The largest absolute Gasteiger partial charge is 0.374 e. The van der Waals surface area contributed by atoms with Gasteiger partial charge in [-0.05, 0) is 62.8 Å². The number of anilines is 1. The lowest BCUT2D eigenvalue weighted by molar-refractivity contribution is -0.0434. The molecule has 38 heavy (non-hydrogen) atoms. The van der Waals surface area contributed by atoms with Crippen LogP contribution in [0.1, 0.15) is 30.2 Å². The minimum Gasteiger partial charge on any atom is -0.374 e. The van der Waals surface area contributed by atoms with Gasteiger partial charge in [0.2, 0.25) is 0 Å². The summed E-state index contributed by atoms with van der Waals surface area (Å²) < 4.78 is 29.1. The van der Waals surface area contributed by atoms with E-state index in [0.717, 1.165) is 28.4 Å². The normalized spacial score (nSPS) is 17.4. The Kier molecular flexibility index (Phi) is 7.06. The smallest absolute Gasteiger partial charge is 0.167 e. The highest BCUT2D eigenvalue weighted by Crippen LogP contribution is 2.33. The van der Waals surface area contributed by atoms with Crippen LogP contribution in [0.5, 0.6) is 0 Å². The molecule has 1 unspecified atom stereocenters. The first-order valence-corrected chi connectivity index (χ1v) is 13.4. The summed E-state index contributed by atoms with van der Waals surface area (Å²) in [7, 11) is 1.92. The van der Waals surface area contributed by atoms with Gasteiger partial charge in [-0.1, -0.05) is 48.5 Å². The molecule has 194 valence electrons. The van der Waals surface area contributed by atoms with Gasteiger partial charge in [0.1, 0.15) is 18.4 Å². The van der Waals surface area contributed by atoms with Gasteiger partial charge in [-0.25, -0.2) is 19.3 Å². The minimum atomic E-state index is -0.255. The number of nitrogens with zero attached hydrogens (tertiary/aromatic N) is 5. The average Bonchev–Trinajstić information content (AvgIpc) is 3.57. The van der Waals surface area contributed by atoms with Gasteiger partial charge in [0.25, 0.3) is 0 Å². The molecular weight excluding hydrogens is 549 g/mol. The van der Waals surface area contributed by atoms with Crippen molar-refractivity contribution >= 4 is 43.7 Å². The second kappa shape index (κ2) is 10.8. The molecule has 1 aliphatic rings. The van der Waals surface area contributed by atoms with Crippen LogP contribution in [0, 0.1) is 5.82 Å². The van der Waals surface area contributed by atoms with Crippen LogP contribution in [0.25, 0.3) is 21.9 Å². The highest BCUT2D eigenvalue weighted by atomic mass is 79.9. The number of halogens is 2. The van der Waals surface area contributed by atoms with Crippen LogP contribution in [-0.4, -0.2) is 39.3 Å². The Bertz CT molecular complexity index is 1590. The maximum atomic E-state index is 13.6. The number of hydrogen-bond donors (Lipinski definition) is 0. The Morgan fingerprint density at radius 3 is 2.87 bits per heavy atom. The average molecular weight is 576 g/mol. The molecule has 0 spiro atoms. The molecule has 2 atom stereocenters. The predicted molar refractivity (Wildman–Crippen MR) is 148 cm³/mol. The standard InChI is InChI=1S/C29H27BrFN5O2/c1-35(14-19-5-4-7-22(31)13-19)28-27-29(33-17-32-28)36(18-34-27)25-12-11-23(38-25)16-37-15-21-10-9-20-6-2-3-8-24(20)26(21)30/h2-10,13,17-18,23,25H,11-12,14-16H2,1H3/t23-,25?/m0/s1. The summed E-state index contributed by atoms with van der Waals surface area (Å²) in [5.41, 5.74) is 3.38. The molecule has 0 bridgehead atoms. The van der Waals surface area contributed by atoms with Crippen molar-refractivity contribution in [2.45, 2.75) is 38.3 Å². The molecule has 0 N–H and O–H groups in total. The maximum Gasteiger partial charge on any atom is 0.167 e. The SMILES string of the molecule is CN(Cc1cccc(F)c1)c1ncnc2c1ncn2C1CC[C@@H](COCc2ccc3ccccc3c2Br)O1. The van der Waals surface area contributed by atoms with E-state index in [1.807, 2.05) is 34.7 Å². The molecule has 1 fully saturated rings. The van der Waals surface area contributed by atoms with Crippen LogP contribution >= 0.6 is 15.9 Å². The molecule has 1 aliphatic heterocycles. The van der Waals surface area contributed by atoms with E-state index in [-0.39, 0.29) is 18.1 Å². The van der Waals surface area contributed by atoms with Crippen LogP contribution in [0.2, 0.25) is 0 Å². The zero-order valence-corrected chi connectivity index (χ0v) is 22.5. The summed E-state index contributed by atoms with van der Waals surface area (Å²) in [5, 5.41) is 2.38. The first kappa shape index (κ1) is 24.9. The highest BCUT2D eigenvalue weighted by Gasteiger charge is 2.29. The van der Waals surface area contributed by atoms with Crippen LogP contribution in [-0.2, 0) is 22.6 Å². The van der Waals surface area contributed by atoms with E-state index in [2.05, 4.69) is 55.1 Å². The van der Waals surface area contributed by atoms with Crippen LogP contribution in [0.15, 0.2) is 77.8 Å². The lowest BCUT2D eigenvalue weighted by atomic mass is 10.1. The number of benzene rings is 3. The van der Waals surface area contributed by atoms with E-state index in [1.165, 1.54) is 29.2 Å². The molecule has 0 radical (unpaired) electrons. The van der Waals surface area contributed by atoms with Gasteiger partial charge in [0.05, 0.1) is 25.6 Å². The second-order valence-electron chi connectivity index (χ2n) is 9.57. The van der Waals surface area contributed by atoms with Crippen molar-refractivity contribution < 1.29 is 13.9 Å². The third kappa shape index (κ3) is 5.01. The van der Waals surface area contributed by atoms with Crippen molar-refractivity contribution in [1.29, 1.82) is 0 Å². The Morgan fingerprint density at radius 2 is 1.97 bits per heavy atom. The molecule has 3 aromatic carbocycles. The van der Waals surface area contributed by atoms with Gasteiger partial charge < -0.3 is 14.4 Å². The fourth-order valence-electron chi connectivity index (χ4n) is 5.02. The number of aromatic nitrogens is 4. The molecule has 9 heteroatoms. The molecule has 0 saturated carbocycles. The molecule has 1 saturated heterocycles. The van der Waals surface area contributed by atoms with Crippen molar-refractivity contribution in [3.8, 4) is 0 Å². The lowest BCUT2D eigenvalue weighted by Crippen LogP contribution is -2.19. The van der Waals surface area contributed by atoms with E-state index < -0.39 is 0 Å². The molecule has 3 heterocycles. The molecule has 7 nitrogen and oxygen atoms in total. The van der Waals surface area contributed by atoms with Gasteiger partial charge in [0, 0.05) is 18.1 Å². The van der Waals surface area contributed by atoms with Gasteiger partial charge >= 0.3 is 0 Å². The van der Waals surface area contributed by atoms with E-state index in [1.54, 1.807) is 12.4 Å². The first-order chi connectivity index (χ1) is 18.6. The van der Waals surface area contributed by atoms with Gasteiger partial charge in [-0.3, -0.25) is 4.57 Å². The zero-order chi connectivity index (χ0) is 26.1. The molecule has 2 aromatic heterocycles. The van der Waals surface area contributed by atoms with Crippen LogP contribution in [0.3, 0.4) is 0 Å². The Balaban J connectivity index is 1.10. The van der Waals surface area contributed by atoms with E-state index >= 15 is 0 Å².